The van der Waals surface area contributed by atoms with Gasteiger partial charge in [-0.05, 0) is 186 Å². The summed E-state index contributed by atoms with van der Waals surface area (Å²) >= 11 is 0. The van der Waals surface area contributed by atoms with Crippen LogP contribution in [0, 0.1) is 11.8 Å². The van der Waals surface area contributed by atoms with Crippen molar-refractivity contribution in [3.05, 3.63) is 107 Å². The number of aryl methyl sites for hydroxylation is 4. The summed E-state index contributed by atoms with van der Waals surface area (Å²) in [5.41, 5.74) is 9.85. The summed E-state index contributed by atoms with van der Waals surface area (Å²) in [4.78, 5) is 57.2. The van der Waals surface area contributed by atoms with Crippen molar-refractivity contribution in [2.45, 2.75) is 141 Å². The lowest BCUT2D eigenvalue weighted by atomic mass is 9.87. The molecule has 8 aliphatic rings. The molecule has 4 aromatic rings. The summed E-state index contributed by atoms with van der Waals surface area (Å²) in [7, 11) is 0. The minimum atomic E-state index is -0.626. The molecule has 0 aromatic heterocycles. The topological polar surface area (TPSA) is 117 Å². The van der Waals surface area contributed by atoms with E-state index in [-0.39, 0.29) is 35.7 Å². The van der Waals surface area contributed by atoms with Crippen molar-refractivity contribution in [2.75, 3.05) is 10.6 Å². The molecule has 324 valence electrons. The highest BCUT2D eigenvalue weighted by Crippen LogP contribution is 2.45. The Morgan fingerprint density at radius 1 is 0.516 bits per heavy atom. The van der Waals surface area contributed by atoms with Gasteiger partial charge in [0.15, 0.2) is 0 Å². The van der Waals surface area contributed by atoms with E-state index in [2.05, 4.69) is 71.3 Å². The van der Waals surface area contributed by atoms with Gasteiger partial charge in [0, 0.05) is 23.5 Å². The molecule has 10 heteroatoms. The van der Waals surface area contributed by atoms with Crippen molar-refractivity contribution >= 4 is 35.4 Å². The molecule has 2 heterocycles. The molecule has 2 N–H and O–H groups in total. The number of ether oxygens (including phenoxy) is 2. The Hall–Kier alpha value is -5.64. The average Bonchev–Trinajstić information content (AvgIpc) is 4.04. The first kappa shape index (κ1) is 41.7. The summed E-state index contributed by atoms with van der Waals surface area (Å²) in [5.74, 6) is -0.0120. The molecule has 0 radical (unpaired) electrons. The summed E-state index contributed by atoms with van der Waals surface area (Å²) in [6, 6.07) is 29.0. The van der Waals surface area contributed by atoms with E-state index in [9.17, 15) is 19.2 Å². The maximum Gasteiger partial charge on any atom is 0.411 e. The van der Waals surface area contributed by atoms with E-state index in [1.807, 2.05) is 65.8 Å². The van der Waals surface area contributed by atoms with Crippen molar-refractivity contribution in [1.29, 1.82) is 0 Å². The molecule has 0 unspecified atom stereocenters. The molecule has 0 spiro atoms. The molecule has 10 nitrogen and oxygen atoms in total. The van der Waals surface area contributed by atoms with E-state index in [0.717, 1.165) is 75.3 Å². The maximum atomic E-state index is 13.7. The molecule has 2 aliphatic heterocycles. The van der Waals surface area contributed by atoms with Crippen LogP contribution in [0.5, 0.6) is 0 Å². The lowest BCUT2D eigenvalue weighted by Gasteiger charge is -2.35. The first-order chi connectivity index (χ1) is 29.6. The fourth-order valence-corrected chi connectivity index (χ4v) is 10.8. The fraction of sp³-hybridized carbons (Fsp3) is 0.462. The number of carbonyl (C=O) groups is 4. The number of hydrogen-bond acceptors (Lipinski definition) is 6. The van der Waals surface area contributed by atoms with Crippen molar-refractivity contribution < 1.29 is 28.7 Å². The molecule has 62 heavy (non-hydrogen) atoms. The van der Waals surface area contributed by atoms with Crippen LogP contribution in [0.15, 0.2) is 84.9 Å². The predicted octanol–water partition coefficient (Wildman–Crippen LogP) is 10.4. The molecule has 8 bridgehead atoms. The van der Waals surface area contributed by atoms with Gasteiger partial charge in [0.1, 0.15) is 23.3 Å². The van der Waals surface area contributed by atoms with Crippen LogP contribution in [-0.4, -0.2) is 69.2 Å². The van der Waals surface area contributed by atoms with Gasteiger partial charge in [0.05, 0.1) is 0 Å². The Balaban J connectivity index is 0.869. The molecule has 6 atom stereocenters. The van der Waals surface area contributed by atoms with Crippen LogP contribution in [-0.2, 0) is 44.7 Å². The van der Waals surface area contributed by atoms with Crippen molar-refractivity contribution in [1.82, 2.24) is 9.80 Å². The minimum absolute atomic E-state index is 0.0506. The number of hydrogen-bond donors (Lipinski definition) is 2. The second-order valence-corrected chi connectivity index (χ2v) is 20.2. The van der Waals surface area contributed by atoms with Crippen molar-refractivity contribution in [2.24, 2.45) is 11.8 Å². The highest BCUT2D eigenvalue weighted by Gasteiger charge is 2.53. The first-order valence-electron chi connectivity index (χ1n) is 22.7. The molecular weight excluding hydrogens is 777 g/mol. The second-order valence-electron chi connectivity index (χ2n) is 20.2. The van der Waals surface area contributed by atoms with E-state index < -0.39 is 35.5 Å². The molecule has 6 aliphatic carbocycles. The molecule has 4 amide bonds. The molecule has 2 saturated heterocycles. The number of amides is 4. The molecule has 2 saturated carbocycles. The fourth-order valence-electron chi connectivity index (χ4n) is 10.8. The minimum Gasteiger partial charge on any atom is -0.444 e. The largest absolute Gasteiger partial charge is 0.444 e. The quantitative estimate of drug-likeness (QED) is 0.200. The van der Waals surface area contributed by atoms with Gasteiger partial charge in [-0.3, -0.25) is 19.4 Å². The normalized spacial score (nSPS) is 23.8. The van der Waals surface area contributed by atoms with Gasteiger partial charge in [-0.25, -0.2) is 9.59 Å². The smallest absolute Gasteiger partial charge is 0.411 e. The van der Waals surface area contributed by atoms with Gasteiger partial charge in [0.25, 0.3) is 0 Å². The van der Waals surface area contributed by atoms with Gasteiger partial charge in [-0.2, -0.15) is 0 Å². The number of likely N-dealkylation sites (tertiary alicyclic amines) is 2. The van der Waals surface area contributed by atoms with Gasteiger partial charge >= 0.3 is 12.2 Å². The zero-order valence-corrected chi connectivity index (χ0v) is 37.0. The van der Waals surface area contributed by atoms with Gasteiger partial charge in [-0.1, -0.05) is 60.7 Å². The standard InChI is InChI=1S/C52H60N4O6/c1-51(2,3)61-49(59)55-41-25-19-37(29-41)45(55)47(57)53-39-21-15-35(16-22-39)43-27-31-7-11-33(43)13-9-32-8-12-34(14-10-31)44(28-32)36-17-23-40(24-18-36)54-48(58)46-38-20-26-42(30-38)56(46)50(60)62-52(4,5)6/h7-8,11-12,15-18,21-24,27-28,37-38,41-42,45-46H,9-10,13-14,19-20,25-26,29-30H2,1-6H3,(H,53,57)(H,54,58)/t37-,38-,41+,42+,45-,46-/m0/s1. The van der Waals surface area contributed by atoms with Crippen LogP contribution in [0.3, 0.4) is 0 Å². The first-order valence-corrected chi connectivity index (χ1v) is 22.7. The molecule has 4 fully saturated rings. The van der Waals surface area contributed by atoms with Crippen LogP contribution in [0.2, 0.25) is 0 Å². The highest BCUT2D eigenvalue weighted by molar-refractivity contribution is 5.98. The Bertz CT molecular complexity index is 2210. The van der Waals surface area contributed by atoms with Crippen LogP contribution in [0.25, 0.3) is 22.3 Å². The predicted molar refractivity (Wildman–Crippen MR) is 242 cm³/mol. The number of piperidine rings is 2. The van der Waals surface area contributed by atoms with Crippen LogP contribution in [0.1, 0.15) is 102 Å². The van der Waals surface area contributed by atoms with E-state index in [1.165, 1.54) is 33.4 Å². The van der Waals surface area contributed by atoms with E-state index in [0.29, 0.717) is 11.4 Å². The maximum absolute atomic E-state index is 13.7. The van der Waals surface area contributed by atoms with Crippen molar-refractivity contribution in [3.63, 3.8) is 0 Å². The molecule has 12 rings (SSSR count). The lowest BCUT2D eigenvalue weighted by Crippen LogP contribution is -2.52. The Morgan fingerprint density at radius 2 is 0.903 bits per heavy atom. The summed E-state index contributed by atoms with van der Waals surface area (Å²) in [6.07, 6.45) is 8.06. The number of benzene rings is 4. The average molecular weight is 837 g/mol. The second kappa shape index (κ2) is 16.2. The lowest BCUT2D eigenvalue weighted by molar-refractivity contribution is -0.123. The molecular formula is C52H60N4O6. The number of rotatable bonds is 6. The Kier molecular flexibility index (Phi) is 10.9. The van der Waals surface area contributed by atoms with Gasteiger partial charge < -0.3 is 20.1 Å². The number of carbonyl (C=O) groups excluding carboxylic acids is 4. The number of fused-ring (bicyclic) bond motifs is 4. The summed E-state index contributed by atoms with van der Waals surface area (Å²) in [6.45, 7) is 11.1. The van der Waals surface area contributed by atoms with Gasteiger partial charge in [-0.15, -0.1) is 0 Å². The zero-order valence-electron chi connectivity index (χ0n) is 37.0. The molecule has 4 aromatic carbocycles. The van der Waals surface area contributed by atoms with E-state index in [1.54, 1.807) is 9.80 Å². The zero-order chi connectivity index (χ0) is 43.5. The summed E-state index contributed by atoms with van der Waals surface area (Å²) in [5, 5.41) is 6.24. The van der Waals surface area contributed by atoms with Gasteiger partial charge in [0.2, 0.25) is 11.8 Å². The van der Waals surface area contributed by atoms with Crippen LogP contribution >= 0.6 is 0 Å². The van der Waals surface area contributed by atoms with Crippen LogP contribution < -0.4 is 10.6 Å². The number of anilines is 2. The Labute approximate surface area is 365 Å². The van der Waals surface area contributed by atoms with E-state index in [4.69, 9.17) is 9.47 Å². The van der Waals surface area contributed by atoms with Crippen molar-refractivity contribution in [3.8, 4) is 22.3 Å². The third-order valence-corrected chi connectivity index (χ3v) is 13.6. The Morgan fingerprint density at radius 3 is 1.27 bits per heavy atom. The van der Waals surface area contributed by atoms with E-state index >= 15 is 0 Å². The monoisotopic (exact) mass is 836 g/mol. The third-order valence-electron chi connectivity index (χ3n) is 13.6. The number of nitrogens with zero attached hydrogens (tertiary/aromatic N) is 2. The highest BCUT2D eigenvalue weighted by atomic mass is 16.6. The SMILES string of the molecule is CC(C)(C)OC(=O)N1[C@@H]2CC[C@@H](C2)[C@H]1C(=O)Nc1ccc(-c2cc3ccc2CCc2ccc(c(-c4ccc(NC(=O)[C@@H]5[C@H]6CC[C@H](C6)N5C(=O)OC(C)(C)C)cc4)c2)CC3)cc1. The van der Waals surface area contributed by atoms with Crippen LogP contribution in [0.4, 0.5) is 21.0 Å². The third kappa shape index (κ3) is 8.57. The summed E-state index contributed by atoms with van der Waals surface area (Å²) < 4.78 is 11.4. The number of nitrogens with one attached hydrogen (secondary N) is 2.